The molecular formula is C17H17N3O2S. The number of rotatable bonds is 5. The highest BCUT2D eigenvalue weighted by molar-refractivity contribution is 7.16. The summed E-state index contributed by atoms with van der Waals surface area (Å²) in [7, 11) is 0. The zero-order valence-corrected chi connectivity index (χ0v) is 13.9. The molecule has 0 spiro atoms. The number of fused-ring (bicyclic) bond motifs is 1. The second-order valence-electron chi connectivity index (χ2n) is 5.42. The first-order valence-electron chi connectivity index (χ1n) is 7.26. The van der Waals surface area contributed by atoms with E-state index in [-0.39, 0.29) is 17.9 Å². The molecule has 0 atom stereocenters. The number of hydrogen-bond acceptors (Lipinski definition) is 4. The predicted octanol–water partition coefficient (Wildman–Crippen LogP) is 2.95. The Morgan fingerprint density at radius 2 is 2.22 bits per heavy atom. The van der Waals surface area contributed by atoms with Crippen LogP contribution in [0.1, 0.15) is 21.7 Å². The first kappa shape index (κ1) is 15.4. The lowest BCUT2D eigenvalue weighted by atomic mass is 10.1. The molecule has 118 valence electrons. The number of nitrogens with zero attached hydrogens (tertiary/aromatic N) is 3. The Balaban J connectivity index is 1.95. The van der Waals surface area contributed by atoms with Crippen LogP contribution in [0.5, 0.6) is 0 Å². The Morgan fingerprint density at radius 1 is 1.43 bits per heavy atom. The molecule has 3 heterocycles. The molecule has 0 aliphatic heterocycles. The molecule has 0 unspecified atom stereocenters. The summed E-state index contributed by atoms with van der Waals surface area (Å²) in [5.74, 6) is -0.0908. The zero-order valence-electron chi connectivity index (χ0n) is 13.1. The number of aromatic nitrogens is 3. The first-order valence-corrected chi connectivity index (χ1v) is 8.14. The van der Waals surface area contributed by atoms with Gasteiger partial charge in [0.1, 0.15) is 4.83 Å². The molecule has 0 N–H and O–H groups in total. The van der Waals surface area contributed by atoms with E-state index in [1.54, 1.807) is 12.1 Å². The van der Waals surface area contributed by atoms with E-state index in [2.05, 4.69) is 11.6 Å². The van der Waals surface area contributed by atoms with E-state index in [1.165, 1.54) is 22.2 Å². The van der Waals surface area contributed by atoms with Crippen molar-refractivity contribution in [2.24, 2.45) is 0 Å². The lowest BCUT2D eigenvalue weighted by molar-refractivity contribution is 0.0970. The van der Waals surface area contributed by atoms with Gasteiger partial charge in [-0.2, -0.15) is 0 Å². The Kier molecular flexibility index (Phi) is 4.00. The minimum absolute atomic E-state index is 0.00397. The second kappa shape index (κ2) is 5.96. The normalized spacial score (nSPS) is 11.0. The van der Waals surface area contributed by atoms with Crippen LogP contribution in [-0.4, -0.2) is 19.9 Å². The van der Waals surface area contributed by atoms with E-state index in [9.17, 15) is 9.59 Å². The van der Waals surface area contributed by atoms with Crippen molar-refractivity contribution in [2.75, 3.05) is 0 Å². The maximum atomic E-state index is 12.6. The van der Waals surface area contributed by atoms with E-state index in [1.807, 2.05) is 29.9 Å². The largest absolute Gasteiger partial charge is 0.345 e. The van der Waals surface area contributed by atoms with Crippen molar-refractivity contribution < 1.29 is 4.79 Å². The molecule has 0 saturated carbocycles. The minimum Gasteiger partial charge on any atom is -0.345 e. The van der Waals surface area contributed by atoms with Crippen molar-refractivity contribution in [1.82, 2.24) is 14.1 Å². The summed E-state index contributed by atoms with van der Waals surface area (Å²) in [6.07, 6.45) is 3.25. The quantitative estimate of drug-likeness (QED) is 0.535. The highest BCUT2D eigenvalue weighted by Crippen LogP contribution is 2.17. The number of thiophene rings is 1. The molecule has 3 aromatic heterocycles. The molecule has 0 aliphatic rings. The summed E-state index contributed by atoms with van der Waals surface area (Å²) >= 11 is 1.42. The van der Waals surface area contributed by atoms with Gasteiger partial charge >= 0.3 is 0 Å². The van der Waals surface area contributed by atoms with E-state index >= 15 is 0 Å². The van der Waals surface area contributed by atoms with Gasteiger partial charge in [0, 0.05) is 23.5 Å². The lowest BCUT2D eigenvalue weighted by Crippen LogP contribution is -2.24. The van der Waals surface area contributed by atoms with Crippen LogP contribution in [-0.2, 0) is 13.1 Å². The molecule has 0 radical (unpaired) electrons. The summed E-state index contributed by atoms with van der Waals surface area (Å²) in [5, 5.41) is 2.39. The van der Waals surface area contributed by atoms with E-state index in [0.29, 0.717) is 22.3 Å². The van der Waals surface area contributed by atoms with Crippen LogP contribution in [0, 0.1) is 13.8 Å². The number of aryl methyl sites for hydroxylation is 1. The fraction of sp³-hybridized carbons (Fsp3) is 0.235. The van der Waals surface area contributed by atoms with Gasteiger partial charge in [0.2, 0.25) is 0 Å². The number of carbonyl (C=O) groups is 1. The fourth-order valence-electron chi connectivity index (χ4n) is 2.74. The molecule has 0 saturated heterocycles. The summed E-state index contributed by atoms with van der Waals surface area (Å²) in [5.41, 5.74) is 2.36. The maximum absolute atomic E-state index is 12.6. The van der Waals surface area contributed by atoms with Gasteiger partial charge < -0.3 is 4.57 Å². The second-order valence-corrected chi connectivity index (χ2v) is 6.32. The van der Waals surface area contributed by atoms with Gasteiger partial charge in [-0.1, -0.05) is 6.08 Å². The van der Waals surface area contributed by atoms with Crippen molar-refractivity contribution in [3.8, 4) is 0 Å². The Labute approximate surface area is 137 Å². The molecule has 0 amide bonds. The Morgan fingerprint density at radius 3 is 2.96 bits per heavy atom. The van der Waals surface area contributed by atoms with Gasteiger partial charge in [0.25, 0.3) is 5.56 Å². The first-order chi connectivity index (χ1) is 11.0. The van der Waals surface area contributed by atoms with Crippen LogP contribution in [0.3, 0.4) is 0 Å². The van der Waals surface area contributed by atoms with Crippen molar-refractivity contribution in [3.05, 3.63) is 63.8 Å². The van der Waals surface area contributed by atoms with Crippen molar-refractivity contribution >= 4 is 27.3 Å². The number of Topliss-reactive ketones (excluding diaryl/α,β-unsaturated/α-hetero) is 1. The van der Waals surface area contributed by atoms with Crippen LogP contribution < -0.4 is 5.56 Å². The third kappa shape index (κ3) is 2.66. The smallest absolute Gasteiger partial charge is 0.262 e. The topological polar surface area (TPSA) is 56.9 Å². The standard InChI is InChI=1S/C17H17N3O2S/c1-4-6-20-11(2)8-14(12(20)3)15(21)9-19-10-18-16-13(17(19)22)5-7-23-16/h4-5,7-8,10H,1,6,9H2,2-3H3. The molecule has 0 fully saturated rings. The Hall–Kier alpha value is -2.47. The van der Waals surface area contributed by atoms with Gasteiger partial charge in [-0.3, -0.25) is 14.2 Å². The van der Waals surface area contributed by atoms with Gasteiger partial charge in [-0.15, -0.1) is 17.9 Å². The van der Waals surface area contributed by atoms with E-state index in [0.717, 1.165) is 11.4 Å². The predicted molar refractivity (Wildman–Crippen MR) is 92.3 cm³/mol. The molecule has 23 heavy (non-hydrogen) atoms. The summed E-state index contributed by atoms with van der Waals surface area (Å²) in [6.45, 7) is 8.26. The summed E-state index contributed by atoms with van der Waals surface area (Å²) in [4.78, 5) is 29.9. The minimum atomic E-state index is -0.176. The fourth-order valence-corrected chi connectivity index (χ4v) is 3.46. The molecule has 3 aromatic rings. The lowest BCUT2D eigenvalue weighted by Gasteiger charge is -2.07. The Bertz CT molecular complexity index is 962. The van der Waals surface area contributed by atoms with Crippen molar-refractivity contribution in [1.29, 1.82) is 0 Å². The number of allylic oxidation sites excluding steroid dienone is 1. The van der Waals surface area contributed by atoms with Crippen LogP contribution in [0.4, 0.5) is 0 Å². The van der Waals surface area contributed by atoms with Crippen molar-refractivity contribution in [2.45, 2.75) is 26.9 Å². The molecule has 6 heteroatoms. The molecule has 0 aliphatic carbocycles. The number of carbonyl (C=O) groups excluding carboxylic acids is 1. The van der Waals surface area contributed by atoms with Gasteiger partial charge in [0.05, 0.1) is 18.3 Å². The molecule has 0 bridgehead atoms. The zero-order chi connectivity index (χ0) is 16.6. The molecule has 5 nitrogen and oxygen atoms in total. The van der Waals surface area contributed by atoms with Gasteiger partial charge in [-0.25, -0.2) is 4.98 Å². The average Bonchev–Trinajstić information content (AvgIpc) is 3.10. The molecular weight excluding hydrogens is 310 g/mol. The van der Waals surface area contributed by atoms with Crippen LogP contribution in [0.25, 0.3) is 10.2 Å². The van der Waals surface area contributed by atoms with Gasteiger partial charge in [0.15, 0.2) is 5.78 Å². The van der Waals surface area contributed by atoms with Gasteiger partial charge in [-0.05, 0) is 31.4 Å². The van der Waals surface area contributed by atoms with Crippen molar-refractivity contribution in [3.63, 3.8) is 0 Å². The summed E-state index contributed by atoms with van der Waals surface area (Å²) < 4.78 is 3.40. The third-order valence-electron chi connectivity index (χ3n) is 3.95. The molecule has 3 rings (SSSR count). The average molecular weight is 327 g/mol. The van der Waals surface area contributed by atoms with Crippen LogP contribution in [0.15, 0.2) is 41.3 Å². The third-order valence-corrected chi connectivity index (χ3v) is 4.77. The highest BCUT2D eigenvalue weighted by Gasteiger charge is 2.16. The number of ketones is 1. The van der Waals surface area contributed by atoms with E-state index in [4.69, 9.17) is 0 Å². The van der Waals surface area contributed by atoms with E-state index < -0.39 is 0 Å². The highest BCUT2D eigenvalue weighted by atomic mass is 32.1. The van der Waals surface area contributed by atoms with Crippen LogP contribution in [0.2, 0.25) is 0 Å². The molecule has 0 aromatic carbocycles. The monoisotopic (exact) mass is 327 g/mol. The summed E-state index contributed by atoms with van der Waals surface area (Å²) in [6, 6.07) is 3.61. The SMILES string of the molecule is C=CCn1c(C)cc(C(=O)Cn2cnc3sccc3c2=O)c1C. The maximum Gasteiger partial charge on any atom is 0.262 e. The number of hydrogen-bond donors (Lipinski definition) is 0. The van der Waals surface area contributed by atoms with Crippen LogP contribution >= 0.6 is 11.3 Å².